The molecule has 3 atom stereocenters. The van der Waals surface area contributed by atoms with Crippen molar-refractivity contribution < 1.29 is 23.7 Å². The Morgan fingerprint density at radius 1 is 1.30 bits per heavy atom. The molecule has 0 aliphatic heterocycles. The van der Waals surface area contributed by atoms with Crippen molar-refractivity contribution in [2.45, 2.75) is 44.9 Å². The third-order valence-electron chi connectivity index (χ3n) is 2.60. The van der Waals surface area contributed by atoms with Crippen molar-refractivity contribution in [1.82, 2.24) is 10.6 Å². The van der Waals surface area contributed by atoms with Crippen LogP contribution in [0.15, 0.2) is 0 Å². The Bertz CT molecular complexity index is 386. The highest BCUT2D eigenvalue weighted by Gasteiger charge is 2.27. The fourth-order valence-electron chi connectivity index (χ4n) is 1.38. The molecule has 0 radical (unpaired) electrons. The predicted octanol–water partition coefficient (Wildman–Crippen LogP) is -0.371. The summed E-state index contributed by atoms with van der Waals surface area (Å²) in [6.07, 6.45) is 1.76. The van der Waals surface area contributed by atoms with E-state index in [1.807, 2.05) is 6.92 Å². The topological polar surface area (TPSA) is 113 Å². The van der Waals surface area contributed by atoms with E-state index in [1.54, 1.807) is 0 Å². The van der Waals surface area contributed by atoms with Crippen LogP contribution >= 0.6 is 0 Å². The van der Waals surface area contributed by atoms with E-state index in [1.165, 1.54) is 13.8 Å². The molecule has 0 saturated carbocycles. The number of rotatable bonds is 9. The number of carboxylic acid groups (broad SMARTS) is 1. The van der Waals surface area contributed by atoms with Crippen LogP contribution in [0.25, 0.3) is 0 Å². The largest absolute Gasteiger partial charge is 0.480 e. The van der Waals surface area contributed by atoms with Gasteiger partial charge in [0, 0.05) is 24.3 Å². The van der Waals surface area contributed by atoms with Gasteiger partial charge in [0.2, 0.25) is 11.8 Å². The van der Waals surface area contributed by atoms with Crippen LogP contribution in [0, 0.1) is 0 Å². The second-order valence-electron chi connectivity index (χ2n) is 4.43. The van der Waals surface area contributed by atoms with Crippen LogP contribution in [-0.2, 0) is 25.2 Å². The lowest BCUT2D eigenvalue weighted by molar-refractivity contribution is -0.140. The van der Waals surface area contributed by atoms with Gasteiger partial charge in [0.05, 0.1) is 5.75 Å². The van der Waals surface area contributed by atoms with Gasteiger partial charge in [0.1, 0.15) is 11.3 Å². The number of unbranched alkanes of at least 4 members (excludes halogenated alkanes) is 1. The number of aliphatic carboxylic acids is 1. The number of carbonyl (C=O) groups is 3. The molecule has 2 unspecified atom stereocenters. The van der Waals surface area contributed by atoms with Crippen LogP contribution in [0.5, 0.6) is 0 Å². The van der Waals surface area contributed by atoms with Crippen molar-refractivity contribution in [1.29, 1.82) is 0 Å². The Morgan fingerprint density at radius 3 is 2.35 bits per heavy atom. The molecule has 20 heavy (non-hydrogen) atoms. The molecule has 3 N–H and O–H groups in total. The van der Waals surface area contributed by atoms with Gasteiger partial charge in [-0.15, -0.1) is 0 Å². The molecule has 0 rings (SSSR count). The molecule has 0 aliphatic carbocycles. The average molecular weight is 306 g/mol. The summed E-state index contributed by atoms with van der Waals surface area (Å²) < 4.78 is 11.9. The predicted molar refractivity (Wildman–Crippen MR) is 75.6 cm³/mol. The third kappa shape index (κ3) is 7.22. The molecule has 7 nitrogen and oxygen atoms in total. The number of hydrogen-bond acceptors (Lipinski definition) is 4. The number of carbonyl (C=O) groups excluding carboxylic acids is 2. The fourth-order valence-corrected chi connectivity index (χ4v) is 2.55. The lowest BCUT2D eigenvalue weighted by Crippen LogP contribution is -2.46. The van der Waals surface area contributed by atoms with E-state index in [0.29, 0.717) is 6.54 Å². The first-order valence-corrected chi connectivity index (χ1v) is 7.82. The Labute approximate surface area is 121 Å². The van der Waals surface area contributed by atoms with Crippen molar-refractivity contribution in [3.63, 3.8) is 0 Å². The van der Waals surface area contributed by atoms with Gasteiger partial charge in [-0.25, -0.2) is 4.79 Å². The maximum Gasteiger partial charge on any atom is 0.327 e. The van der Waals surface area contributed by atoms with Gasteiger partial charge in [-0.3, -0.25) is 13.8 Å². The van der Waals surface area contributed by atoms with Crippen molar-refractivity contribution in [3.8, 4) is 0 Å². The minimum Gasteiger partial charge on any atom is -0.480 e. The van der Waals surface area contributed by atoms with Gasteiger partial charge < -0.3 is 15.7 Å². The molecule has 0 saturated heterocycles. The third-order valence-corrected chi connectivity index (χ3v) is 4.26. The first-order chi connectivity index (χ1) is 9.29. The Hall–Kier alpha value is -1.44. The summed E-state index contributed by atoms with van der Waals surface area (Å²) in [6.45, 7) is 5.15. The Kier molecular flexibility index (Phi) is 8.78. The fraction of sp³-hybridized carbons (Fsp3) is 0.750. The van der Waals surface area contributed by atoms with Crippen LogP contribution in [0.3, 0.4) is 0 Å². The second-order valence-corrected chi connectivity index (χ2v) is 6.23. The smallest absolute Gasteiger partial charge is 0.327 e. The number of amides is 2. The molecule has 116 valence electrons. The van der Waals surface area contributed by atoms with Crippen molar-refractivity contribution in [2.75, 3.05) is 12.3 Å². The molecular formula is C12H22N2O5S. The molecule has 8 heteroatoms. The summed E-state index contributed by atoms with van der Waals surface area (Å²) in [7, 11) is -1.67. The van der Waals surface area contributed by atoms with Crippen LogP contribution < -0.4 is 10.6 Å². The monoisotopic (exact) mass is 306 g/mol. The minimum absolute atomic E-state index is 0.294. The minimum atomic E-state index is -1.67. The van der Waals surface area contributed by atoms with Gasteiger partial charge in [-0.1, -0.05) is 13.3 Å². The summed E-state index contributed by atoms with van der Waals surface area (Å²) in [6, 6.07) is -1.25. The highest BCUT2D eigenvalue weighted by molar-refractivity contribution is 7.86. The lowest BCUT2D eigenvalue weighted by atomic mass is 10.3. The van der Waals surface area contributed by atoms with E-state index in [2.05, 4.69) is 10.6 Å². The van der Waals surface area contributed by atoms with Crippen LogP contribution in [0.1, 0.15) is 33.6 Å². The van der Waals surface area contributed by atoms with E-state index in [0.717, 1.165) is 12.8 Å². The molecular weight excluding hydrogens is 284 g/mol. The molecule has 0 aliphatic rings. The highest BCUT2D eigenvalue weighted by atomic mass is 32.2. The van der Waals surface area contributed by atoms with Gasteiger partial charge in [0.15, 0.2) is 0 Å². The SMILES string of the molecule is CCCCNC(=O)C(C)S(=O)C[C@H](NC(C)=O)C(=O)O. The van der Waals surface area contributed by atoms with Crippen molar-refractivity contribution >= 4 is 28.6 Å². The van der Waals surface area contributed by atoms with Gasteiger partial charge in [-0.05, 0) is 13.3 Å². The maximum absolute atomic E-state index is 11.9. The van der Waals surface area contributed by atoms with Crippen LogP contribution in [0.4, 0.5) is 0 Å². The summed E-state index contributed by atoms with van der Waals surface area (Å²) in [5.74, 6) is -2.46. The summed E-state index contributed by atoms with van der Waals surface area (Å²) in [4.78, 5) is 33.5. The van der Waals surface area contributed by atoms with E-state index in [-0.39, 0.29) is 11.7 Å². The molecule has 0 aromatic carbocycles. The summed E-state index contributed by atoms with van der Waals surface area (Å²) >= 11 is 0. The van der Waals surface area contributed by atoms with E-state index in [9.17, 15) is 18.6 Å². The van der Waals surface area contributed by atoms with E-state index >= 15 is 0 Å². The molecule has 0 spiro atoms. The van der Waals surface area contributed by atoms with Crippen LogP contribution in [0.2, 0.25) is 0 Å². The maximum atomic E-state index is 11.9. The Morgan fingerprint density at radius 2 is 1.90 bits per heavy atom. The molecule has 2 amide bonds. The number of carboxylic acids is 1. The standard InChI is InChI=1S/C12H22N2O5S/c1-4-5-6-13-11(16)8(2)20(19)7-10(12(17)18)14-9(3)15/h8,10H,4-7H2,1-3H3,(H,13,16)(H,14,15)(H,17,18)/t8?,10-,20?/m0/s1. The zero-order valence-electron chi connectivity index (χ0n) is 12.0. The van der Waals surface area contributed by atoms with Gasteiger partial charge in [0.25, 0.3) is 0 Å². The summed E-state index contributed by atoms with van der Waals surface area (Å²) in [5.41, 5.74) is 0. The average Bonchev–Trinajstić information content (AvgIpc) is 2.36. The molecule has 0 bridgehead atoms. The highest BCUT2D eigenvalue weighted by Crippen LogP contribution is 2.00. The molecule has 0 heterocycles. The Balaban J connectivity index is 4.44. The van der Waals surface area contributed by atoms with Crippen molar-refractivity contribution in [2.24, 2.45) is 0 Å². The van der Waals surface area contributed by atoms with Gasteiger partial charge in [-0.2, -0.15) is 0 Å². The first-order valence-electron chi connectivity index (χ1n) is 6.44. The normalized spacial score (nSPS) is 14.9. The number of hydrogen-bond donors (Lipinski definition) is 3. The molecule has 0 aromatic heterocycles. The zero-order chi connectivity index (χ0) is 15.7. The second kappa shape index (κ2) is 9.46. The summed E-state index contributed by atoms with van der Waals surface area (Å²) in [5, 5.41) is 12.9. The first kappa shape index (κ1) is 18.6. The molecule has 0 aromatic rings. The number of nitrogens with one attached hydrogen (secondary N) is 2. The van der Waals surface area contributed by atoms with Crippen LogP contribution in [-0.4, -0.2) is 50.7 Å². The lowest BCUT2D eigenvalue weighted by Gasteiger charge is -2.16. The van der Waals surface area contributed by atoms with Gasteiger partial charge >= 0.3 is 5.97 Å². The van der Waals surface area contributed by atoms with E-state index < -0.39 is 34.0 Å². The zero-order valence-corrected chi connectivity index (χ0v) is 12.8. The van der Waals surface area contributed by atoms with E-state index in [4.69, 9.17) is 5.11 Å². The van der Waals surface area contributed by atoms with Crippen molar-refractivity contribution in [3.05, 3.63) is 0 Å². The quantitative estimate of drug-likeness (QED) is 0.503. The molecule has 0 fully saturated rings.